The summed E-state index contributed by atoms with van der Waals surface area (Å²) in [5.74, 6) is 2.17. The van der Waals surface area contributed by atoms with Crippen molar-refractivity contribution in [3.63, 3.8) is 0 Å². The van der Waals surface area contributed by atoms with Gasteiger partial charge in [-0.15, -0.1) is 11.3 Å². The molecule has 1 aromatic carbocycles. The maximum Gasteiger partial charge on any atom is 0.231 e. The van der Waals surface area contributed by atoms with Crippen LogP contribution < -0.4 is 9.47 Å². The molecule has 0 radical (unpaired) electrons. The van der Waals surface area contributed by atoms with Crippen LogP contribution in [-0.2, 0) is 13.0 Å². The summed E-state index contributed by atoms with van der Waals surface area (Å²) < 4.78 is 10.9. The van der Waals surface area contributed by atoms with Gasteiger partial charge in [-0.1, -0.05) is 13.0 Å². The number of nitrogens with zero attached hydrogens (tertiary/aromatic N) is 1. The van der Waals surface area contributed by atoms with E-state index in [2.05, 4.69) is 42.3 Å². The van der Waals surface area contributed by atoms with Gasteiger partial charge in [0, 0.05) is 24.5 Å². The van der Waals surface area contributed by atoms with Crippen LogP contribution >= 0.6 is 11.3 Å². The summed E-state index contributed by atoms with van der Waals surface area (Å²) in [5.41, 5.74) is 2.60. The van der Waals surface area contributed by atoms with Gasteiger partial charge in [0.1, 0.15) is 0 Å². The fourth-order valence-corrected chi connectivity index (χ4v) is 4.27. The topological polar surface area (TPSA) is 41.9 Å². The quantitative estimate of drug-likeness (QED) is 0.775. The van der Waals surface area contributed by atoms with Gasteiger partial charge < -0.3 is 14.6 Å². The minimum atomic E-state index is -0.321. The van der Waals surface area contributed by atoms with Crippen molar-refractivity contribution < 1.29 is 14.6 Å². The molecular formula is C20H27NO3S. The molecule has 0 bridgehead atoms. The van der Waals surface area contributed by atoms with E-state index in [1.165, 1.54) is 16.0 Å². The summed E-state index contributed by atoms with van der Waals surface area (Å²) >= 11 is 1.80. The molecule has 0 aliphatic carbocycles. The van der Waals surface area contributed by atoms with E-state index in [4.69, 9.17) is 9.47 Å². The Morgan fingerprint density at radius 2 is 1.96 bits per heavy atom. The molecule has 25 heavy (non-hydrogen) atoms. The number of aliphatic hydroxyl groups is 1. The highest BCUT2D eigenvalue weighted by Crippen LogP contribution is 2.33. The number of fused-ring (bicyclic) bond motifs is 1. The van der Waals surface area contributed by atoms with Crippen LogP contribution in [0.3, 0.4) is 0 Å². The van der Waals surface area contributed by atoms with Gasteiger partial charge in [-0.3, -0.25) is 4.90 Å². The van der Waals surface area contributed by atoms with Gasteiger partial charge in [0.15, 0.2) is 11.5 Å². The Balaban J connectivity index is 1.61. The second-order valence-corrected chi connectivity index (χ2v) is 8.07. The smallest absolute Gasteiger partial charge is 0.231 e. The first-order valence-electron chi connectivity index (χ1n) is 8.83. The van der Waals surface area contributed by atoms with Crippen LogP contribution in [-0.4, -0.2) is 36.0 Å². The summed E-state index contributed by atoms with van der Waals surface area (Å²) in [6, 6.07) is 8.36. The number of aliphatic hydroxyl groups excluding tert-OH is 1. The molecule has 2 unspecified atom stereocenters. The van der Waals surface area contributed by atoms with E-state index >= 15 is 0 Å². The van der Waals surface area contributed by atoms with Crippen LogP contribution in [0.4, 0.5) is 0 Å². The van der Waals surface area contributed by atoms with Crippen molar-refractivity contribution >= 4 is 11.3 Å². The van der Waals surface area contributed by atoms with Gasteiger partial charge in [0.05, 0.1) is 6.10 Å². The summed E-state index contributed by atoms with van der Waals surface area (Å²) in [6.45, 7) is 9.15. The number of benzene rings is 1. The highest BCUT2D eigenvalue weighted by Gasteiger charge is 2.17. The highest BCUT2D eigenvalue weighted by atomic mass is 32.1. The van der Waals surface area contributed by atoms with Gasteiger partial charge >= 0.3 is 0 Å². The number of ether oxygens (including phenoxy) is 2. The first kappa shape index (κ1) is 18.2. The third-order valence-corrected chi connectivity index (χ3v) is 5.46. The minimum Gasteiger partial charge on any atom is -0.454 e. The van der Waals surface area contributed by atoms with E-state index in [9.17, 15) is 5.11 Å². The Bertz CT molecular complexity index is 698. The predicted molar refractivity (Wildman–Crippen MR) is 101 cm³/mol. The molecule has 2 atom stereocenters. The van der Waals surface area contributed by atoms with E-state index in [0.717, 1.165) is 31.0 Å². The van der Waals surface area contributed by atoms with Crippen molar-refractivity contribution in [2.24, 2.45) is 5.92 Å². The Labute approximate surface area is 154 Å². The molecule has 0 fully saturated rings. The summed E-state index contributed by atoms with van der Waals surface area (Å²) in [6.07, 6.45) is 0.661. The second-order valence-electron chi connectivity index (χ2n) is 7.07. The maximum atomic E-state index is 9.86. The number of rotatable bonds is 8. The zero-order chi connectivity index (χ0) is 17.8. The van der Waals surface area contributed by atoms with Crippen molar-refractivity contribution in [2.45, 2.75) is 39.8 Å². The molecule has 0 saturated heterocycles. The van der Waals surface area contributed by atoms with Crippen molar-refractivity contribution in [1.82, 2.24) is 4.90 Å². The van der Waals surface area contributed by atoms with Crippen LogP contribution in [0.15, 0.2) is 29.6 Å². The van der Waals surface area contributed by atoms with E-state index < -0.39 is 0 Å². The lowest BCUT2D eigenvalue weighted by atomic mass is 10.00. The van der Waals surface area contributed by atoms with E-state index in [1.54, 1.807) is 11.3 Å². The Hall–Kier alpha value is -1.56. The van der Waals surface area contributed by atoms with Crippen LogP contribution in [0.25, 0.3) is 0 Å². The fourth-order valence-electron chi connectivity index (χ4n) is 3.32. The van der Waals surface area contributed by atoms with Crippen molar-refractivity contribution in [2.75, 3.05) is 19.9 Å². The average Bonchev–Trinajstić information content (AvgIpc) is 3.15. The summed E-state index contributed by atoms with van der Waals surface area (Å²) in [5, 5.41) is 12.0. The lowest BCUT2D eigenvalue weighted by Gasteiger charge is -2.27. The molecule has 3 rings (SSSR count). The number of hydrogen-bond acceptors (Lipinski definition) is 5. The Morgan fingerprint density at radius 1 is 1.16 bits per heavy atom. The normalized spacial score (nSPS) is 15.6. The van der Waals surface area contributed by atoms with Crippen LogP contribution in [0.2, 0.25) is 0 Å². The van der Waals surface area contributed by atoms with Crippen molar-refractivity contribution in [1.29, 1.82) is 0 Å². The second kappa shape index (κ2) is 8.21. The van der Waals surface area contributed by atoms with Crippen molar-refractivity contribution in [3.8, 4) is 11.5 Å². The van der Waals surface area contributed by atoms with Gasteiger partial charge in [0.2, 0.25) is 6.79 Å². The Kier molecular flexibility index (Phi) is 5.99. The number of hydrogen-bond donors (Lipinski definition) is 1. The Morgan fingerprint density at radius 3 is 2.68 bits per heavy atom. The lowest BCUT2D eigenvalue weighted by molar-refractivity contribution is 0.113. The lowest BCUT2D eigenvalue weighted by Crippen LogP contribution is -2.34. The molecule has 1 aliphatic heterocycles. The molecular weight excluding hydrogens is 334 g/mol. The molecule has 0 saturated carbocycles. The first-order valence-corrected chi connectivity index (χ1v) is 9.71. The average molecular weight is 362 g/mol. The van der Waals surface area contributed by atoms with Gasteiger partial charge in [-0.05, 0) is 60.9 Å². The van der Waals surface area contributed by atoms with Crippen LogP contribution in [0, 0.1) is 12.8 Å². The van der Waals surface area contributed by atoms with E-state index in [-0.39, 0.29) is 6.10 Å². The molecule has 5 heteroatoms. The van der Waals surface area contributed by atoms with Gasteiger partial charge in [-0.25, -0.2) is 0 Å². The third kappa shape index (κ3) is 4.97. The molecule has 1 aliphatic rings. The van der Waals surface area contributed by atoms with E-state index in [0.29, 0.717) is 19.3 Å². The monoisotopic (exact) mass is 361 g/mol. The molecule has 2 heterocycles. The molecule has 1 N–H and O–H groups in total. The van der Waals surface area contributed by atoms with E-state index in [1.807, 2.05) is 13.0 Å². The van der Waals surface area contributed by atoms with Crippen LogP contribution in [0.1, 0.15) is 29.9 Å². The molecule has 2 aromatic rings. The van der Waals surface area contributed by atoms with Crippen LogP contribution in [0.5, 0.6) is 11.5 Å². The molecule has 136 valence electrons. The summed E-state index contributed by atoms with van der Waals surface area (Å²) in [4.78, 5) is 3.75. The SMILES string of the molecule is Cc1ccsc1CN(CC(C)O)CC(C)Cc1ccc2c(c1)OCO2. The van der Waals surface area contributed by atoms with Gasteiger partial charge in [0.25, 0.3) is 0 Å². The number of aryl methyl sites for hydroxylation is 1. The fraction of sp³-hybridized carbons (Fsp3) is 0.500. The third-order valence-electron chi connectivity index (χ3n) is 4.45. The maximum absolute atomic E-state index is 9.86. The standard InChI is InChI=1S/C20H27NO3S/c1-14(8-17-4-5-18-19(9-17)24-13-23-18)10-21(11-16(3)22)12-20-15(2)6-7-25-20/h4-7,9,14,16,22H,8,10-13H2,1-3H3. The zero-order valence-electron chi connectivity index (χ0n) is 15.2. The van der Waals surface area contributed by atoms with Crippen molar-refractivity contribution in [3.05, 3.63) is 45.6 Å². The first-order chi connectivity index (χ1) is 12.0. The number of thiophene rings is 1. The predicted octanol–water partition coefficient (Wildman–Crippen LogP) is 3.85. The highest BCUT2D eigenvalue weighted by molar-refractivity contribution is 7.10. The minimum absolute atomic E-state index is 0.316. The molecule has 0 amide bonds. The largest absolute Gasteiger partial charge is 0.454 e. The molecule has 4 nitrogen and oxygen atoms in total. The summed E-state index contributed by atoms with van der Waals surface area (Å²) in [7, 11) is 0. The van der Waals surface area contributed by atoms with Gasteiger partial charge in [-0.2, -0.15) is 0 Å². The molecule has 0 spiro atoms. The zero-order valence-corrected chi connectivity index (χ0v) is 16.0. The molecule has 1 aromatic heterocycles.